The molecule has 7 nitrogen and oxygen atoms in total. The second-order valence-electron chi connectivity index (χ2n) is 8.67. The molecule has 2 saturated heterocycles. The van der Waals surface area contributed by atoms with Gasteiger partial charge in [-0.3, -0.25) is 9.59 Å². The Morgan fingerprint density at radius 3 is 2.45 bits per heavy atom. The van der Waals surface area contributed by atoms with Crippen molar-refractivity contribution in [3.05, 3.63) is 84.1 Å². The summed E-state index contributed by atoms with van der Waals surface area (Å²) in [7, 11) is 0. The number of nitrogen functional groups attached to an aromatic ring is 1. The van der Waals surface area contributed by atoms with Crippen molar-refractivity contribution in [2.45, 2.75) is 31.3 Å². The lowest BCUT2D eigenvalue weighted by Crippen LogP contribution is -2.49. The number of nitrogens with zero attached hydrogens (tertiary/aromatic N) is 3. The first-order valence-electron chi connectivity index (χ1n) is 11.3. The fraction of sp³-hybridized carbons (Fsp3) is 0.269. The van der Waals surface area contributed by atoms with Crippen LogP contribution in [-0.4, -0.2) is 46.9 Å². The second kappa shape index (κ2) is 8.94. The van der Waals surface area contributed by atoms with E-state index in [4.69, 9.17) is 5.73 Å². The molecule has 0 saturated carbocycles. The molecule has 7 heteroatoms. The number of likely N-dealkylation sites (tertiary alicyclic amines) is 1. The summed E-state index contributed by atoms with van der Waals surface area (Å²) in [6, 6.07) is 21.5. The van der Waals surface area contributed by atoms with Gasteiger partial charge in [0.15, 0.2) is 0 Å². The van der Waals surface area contributed by atoms with Crippen LogP contribution >= 0.6 is 0 Å². The number of nitrogens with one attached hydrogen (secondary N) is 1. The number of anilines is 3. The number of hydrogen-bond acceptors (Lipinski definition) is 5. The molecule has 33 heavy (non-hydrogen) atoms. The monoisotopic (exact) mass is 441 g/mol. The number of carbonyl (C=O) groups is 2. The zero-order valence-corrected chi connectivity index (χ0v) is 18.4. The lowest BCUT2D eigenvalue weighted by atomic mass is 10.1. The minimum absolute atomic E-state index is 0.226. The normalized spacial score (nSPS) is 19.0. The third kappa shape index (κ3) is 4.39. The maximum absolute atomic E-state index is 12.8. The number of benzene rings is 2. The van der Waals surface area contributed by atoms with Gasteiger partial charge in [-0.1, -0.05) is 42.5 Å². The van der Waals surface area contributed by atoms with Crippen LogP contribution in [0.15, 0.2) is 72.9 Å². The molecule has 2 aliphatic rings. The third-order valence-corrected chi connectivity index (χ3v) is 6.54. The van der Waals surface area contributed by atoms with E-state index in [9.17, 15) is 9.59 Å². The van der Waals surface area contributed by atoms with Gasteiger partial charge in [-0.05, 0) is 42.7 Å². The first-order valence-corrected chi connectivity index (χ1v) is 11.3. The van der Waals surface area contributed by atoms with Gasteiger partial charge in [0.05, 0.1) is 29.0 Å². The van der Waals surface area contributed by atoms with E-state index in [-0.39, 0.29) is 23.9 Å². The average molecular weight is 442 g/mol. The molecule has 1 aromatic heterocycles. The SMILES string of the molecule is Nc1ccccc1NC(=O)c1ccc(N2C[C@@H]3C[C@H]2CN3C(=O)CCc2ccccc2)nc1. The number of fused-ring (bicyclic) bond motifs is 2. The number of aromatic nitrogens is 1. The average Bonchev–Trinajstić information content (AvgIpc) is 3.46. The molecule has 2 aromatic carbocycles. The van der Waals surface area contributed by atoms with Crippen molar-refractivity contribution in [1.82, 2.24) is 9.88 Å². The molecule has 0 spiro atoms. The molecule has 0 unspecified atom stereocenters. The number of rotatable bonds is 6. The number of piperazine rings is 1. The van der Waals surface area contributed by atoms with E-state index in [2.05, 4.69) is 27.3 Å². The lowest BCUT2D eigenvalue weighted by molar-refractivity contribution is -0.132. The van der Waals surface area contributed by atoms with Crippen LogP contribution in [0.4, 0.5) is 17.2 Å². The van der Waals surface area contributed by atoms with Gasteiger partial charge in [0.25, 0.3) is 5.91 Å². The van der Waals surface area contributed by atoms with Crippen molar-refractivity contribution >= 4 is 29.0 Å². The van der Waals surface area contributed by atoms with Gasteiger partial charge in [-0.2, -0.15) is 0 Å². The first-order chi connectivity index (χ1) is 16.1. The Bertz CT molecular complexity index is 1150. The molecule has 3 aromatic rings. The summed E-state index contributed by atoms with van der Waals surface area (Å²) < 4.78 is 0. The highest BCUT2D eigenvalue weighted by Crippen LogP contribution is 2.34. The molecule has 3 N–H and O–H groups in total. The van der Waals surface area contributed by atoms with Crippen LogP contribution in [0.5, 0.6) is 0 Å². The number of para-hydroxylation sites is 2. The minimum Gasteiger partial charge on any atom is -0.397 e. The molecule has 0 aliphatic carbocycles. The van der Waals surface area contributed by atoms with Gasteiger partial charge < -0.3 is 20.9 Å². The molecule has 2 amide bonds. The molecule has 0 radical (unpaired) electrons. The summed E-state index contributed by atoms with van der Waals surface area (Å²) >= 11 is 0. The van der Waals surface area contributed by atoms with Crippen molar-refractivity contribution in [3.8, 4) is 0 Å². The summed E-state index contributed by atoms with van der Waals surface area (Å²) in [5, 5.41) is 2.82. The smallest absolute Gasteiger partial charge is 0.257 e. The lowest BCUT2D eigenvalue weighted by Gasteiger charge is -2.35. The van der Waals surface area contributed by atoms with Crippen LogP contribution < -0.4 is 16.0 Å². The van der Waals surface area contributed by atoms with Gasteiger partial charge >= 0.3 is 0 Å². The summed E-state index contributed by atoms with van der Waals surface area (Å²) in [6.45, 7) is 1.51. The Kier molecular flexibility index (Phi) is 5.69. The fourth-order valence-corrected chi connectivity index (χ4v) is 4.79. The molecule has 3 heterocycles. The topological polar surface area (TPSA) is 91.6 Å². The minimum atomic E-state index is -0.245. The van der Waals surface area contributed by atoms with Gasteiger partial charge in [-0.25, -0.2) is 4.98 Å². The number of hydrogen-bond donors (Lipinski definition) is 2. The number of aryl methyl sites for hydroxylation is 1. The van der Waals surface area contributed by atoms with Crippen molar-refractivity contribution in [3.63, 3.8) is 0 Å². The Hall–Kier alpha value is -3.87. The highest BCUT2D eigenvalue weighted by Gasteiger charge is 2.45. The molecule has 5 rings (SSSR count). The first kappa shape index (κ1) is 21.0. The van der Waals surface area contributed by atoms with Crippen molar-refractivity contribution in [2.75, 3.05) is 29.0 Å². The fourth-order valence-electron chi connectivity index (χ4n) is 4.79. The van der Waals surface area contributed by atoms with E-state index in [0.29, 0.717) is 23.4 Å². The Morgan fingerprint density at radius 1 is 0.970 bits per heavy atom. The molecule has 2 atom stereocenters. The molecule has 168 valence electrons. The van der Waals surface area contributed by atoms with E-state index >= 15 is 0 Å². The summed E-state index contributed by atoms with van der Waals surface area (Å²) in [5.41, 5.74) is 8.68. The quantitative estimate of drug-likeness (QED) is 0.573. The molecule has 2 fully saturated rings. The highest BCUT2D eigenvalue weighted by atomic mass is 16.2. The van der Waals surface area contributed by atoms with Gasteiger partial charge in [-0.15, -0.1) is 0 Å². The number of pyridine rings is 1. The van der Waals surface area contributed by atoms with Gasteiger partial charge in [0.2, 0.25) is 5.91 Å². The maximum Gasteiger partial charge on any atom is 0.257 e. The Morgan fingerprint density at radius 2 is 1.76 bits per heavy atom. The molecular formula is C26H27N5O2. The molecule has 2 aliphatic heterocycles. The Balaban J connectivity index is 1.17. The van der Waals surface area contributed by atoms with Crippen LogP contribution in [0.3, 0.4) is 0 Å². The third-order valence-electron chi connectivity index (χ3n) is 6.54. The largest absolute Gasteiger partial charge is 0.397 e. The summed E-state index contributed by atoms with van der Waals surface area (Å²) in [5.74, 6) is 0.825. The molecular weight excluding hydrogens is 414 g/mol. The van der Waals surface area contributed by atoms with Gasteiger partial charge in [0.1, 0.15) is 5.82 Å². The van der Waals surface area contributed by atoms with E-state index < -0.39 is 0 Å². The summed E-state index contributed by atoms with van der Waals surface area (Å²) in [4.78, 5) is 34.2. The van der Waals surface area contributed by atoms with Crippen LogP contribution in [0, 0.1) is 0 Å². The van der Waals surface area contributed by atoms with Crippen molar-refractivity contribution in [1.29, 1.82) is 0 Å². The van der Waals surface area contributed by atoms with E-state index in [1.54, 1.807) is 24.4 Å². The predicted octanol–water partition coefficient (Wildman–Crippen LogP) is 3.34. The van der Waals surface area contributed by atoms with Crippen LogP contribution in [0.25, 0.3) is 0 Å². The van der Waals surface area contributed by atoms with E-state index in [1.165, 1.54) is 5.56 Å². The van der Waals surface area contributed by atoms with Crippen LogP contribution in [0.2, 0.25) is 0 Å². The maximum atomic E-state index is 12.8. The number of nitrogens with two attached hydrogens (primary N) is 1. The van der Waals surface area contributed by atoms with E-state index in [0.717, 1.165) is 31.7 Å². The zero-order chi connectivity index (χ0) is 22.8. The van der Waals surface area contributed by atoms with Crippen molar-refractivity contribution < 1.29 is 9.59 Å². The summed E-state index contributed by atoms with van der Waals surface area (Å²) in [6.07, 6.45) is 3.88. The number of carbonyl (C=O) groups excluding carboxylic acids is 2. The predicted molar refractivity (Wildman–Crippen MR) is 129 cm³/mol. The van der Waals surface area contributed by atoms with Gasteiger partial charge in [0, 0.05) is 25.7 Å². The number of amides is 2. The second-order valence-corrected chi connectivity index (χ2v) is 8.67. The van der Waals surface area contributed by atoms with E-state index in [1.807, 2.05) is 41.3 Å². The Labute approximate surface area is 193 Å². The molecule has 2 bridgehead atoms. The van der Waals surface area contributed by atoms with Crippen LogP contribution in [-0.2, 0) is 11.2 Å². The van der Waals surface area contributed by atoms with Crippen LogP contribution in [0.1, 0.15) is 28.8 Å². The highest BCUT2D eigenvalue weighted by molar-refractivity contribution is 6.05. The standard InChI is InChI=1S/C26H27N5O2/c27-22-8-4-5-9-23(22)29-26(33)19-11-12-24(28-15-19)30-16-21-14-20(30)17-31(21)25(32)13-10-18-6-2-1-3-7-18/h1-9,11-12,15,20-21H,10,13-14,16-17,27H2,(H,29,33)/t20-,21-/m0/s1. The van der Waals surface area contributed by atoms with Crippen molar-refractivity contribution in [2.24, 2.45) is 0 Å². The zero-order valence-electron chi connectivity index (χ0n) is 18.4.